The zero-order valence-electron chi connectivity index (χ0n) is 9.87. The number of ether oxygens (including phenoxy) is 1. The molecule has 0 aliphatic heterocycles. The quantitative estimate of drug-likeness (QED) is 0.770. The second-order valence-electron chi connectivity index (χ2n) is 4.41. The van der Waals surface area contributed by atoms with Gasteiger partial charge >= 0.3 is 0 Å². The fraction of sp³-hybridized carbons (Fsp3) is 0.200. The molecule has 0 N–H and O–H groups in total. The van der Waals surface area contributed by atoms with Gasteiger partial charge in [0.05, 0.1) is 6.10 Å². The molecule has 1 saturated carbocycles. The molecule has 0 saturated heterocycles. The van der Waals surface area contributed by atoms with E-state index in [2.05, 4.69) is 4.98 Å². The number of pyridine rings is 1. The molecule has 90 valence electrons. The first-order valence-corrected chi connectivity index (χ1v) is 6.04. The third-order valence-corrected chi connectivity index (χ3v) is 2.89. The summed E-state index contributed by atoms with van der Waals surface area (Å²) in [5.74, 6) is 0.846. The second kappa shape index (κ2) is 4.61. The van der Waals surface area contributed by atoms with Crippen LogP contribution in [0.5, 0.6) is 5.75 Å². The summed E-state index contributed by atoms with van der Waals surface area (Å²) in [4.78, 5) is 16.0. The minimum Gasteiger partial charge on any atom is -0.490 e. The van der Waals surface area contributed by atoms with E-state index >= 15 is 0 Å². The molecular weight excluding hydrogens is 226 g/mol. The maximum absolute atomic E-state index is 12.1. The number of benzene rings is 1. The Morgan fingerprint density at radius 1 is 1.00 bits per heavy atom. The molecule has 3 rings (SSSR count). The van der Waals surface area contributed by atoms with Gasteiger partial charge in [0, 0.05) is 23.5 Å². The van der Waals surface area contributed by atoms with E-state index in [1.54, 1.807) is 36.7 Å². The molecule has 0 amide bonds. The third-order valence-electron chi connectivity index (χ3n) is 2.89. The van der Waals surface area contributed by atoms with Gasteiger partial charge in [0.25, 0.3) is 0 Å². The molecule has 1 aromatic carbocycles. The number of carbonyl (C=O) groups excluding carboxylic acids is 1. The van der Waals surface area contributed by atoms with Crippen molar-refractivity contribution in [3.05, 3.63) is 59.9 Å². The van der Waals surface area contributed by atoms with Crippen LogP contribution in [0, 0.1) is 0 Å². The average Bonchev–Trinajstić information content (AvgIpc) is 3.24. The molecule has 1 fully saturated rings. The number of ketones is 1. The summed E-state index contributed by atoms with van der Waals surface area (Å²) in [5, 5.41) is 0. The first-order chi connectivity index (χ1) is 8.83. The first kappa shape index (κ1) is 11.0. The lowest BCUT2D eigenvalue weighted by Gasteiger charge is -2.05. The van der Waals surface area contributed by atoms with E-state index in [-0.39, 0.29) is 5.78 Å². The third kappa shape index (κ3) is 2.40. The zero-order chi connectivity index (χ0) is 12.4. The van der Waals surface area contributed by atoms with Crippen molar-refractivity contribution in [1.82, 2.24) is 4.98 Å². The van der Waals surface area contributed by atoms with E-state index in [1.165, 1.54) is 0 Å². The van der Waals surface area contributed by atoms with Gasteiger partial charge in [-0.1, -0.05) is 0 Å². The van der Waals surface area contributed by atoms with Crippen molar-refractivity contribution in [2.75, 3.05) is 0 Å². The van der Waals surface area contributed by atoms with Gasteiger partial charge in [0.15, 0.2) is 5.78 Å². The summed E-state index contributed by atoms with van der Waals surface area (Å²) in [6, 6.07) is 10.8. The van der Waals surface area contributed by atoms with Gasteiger partial charge in [-0.15, -0.1) is 0 Å². The largest absolute Gasteiger partial charge is 0.490 e. The van der Waals surface area contributed by atoms with Crippen LogP contribution in [0.25, 0.3) is 0 Å². The van der Waals surface area contributed by atoms with Crippen molar-refractivity contribution in [3.8, 4) is 5.75 Å². The Balaban J connectivity index is 1.77. The average molecular weight is 239 g/mol. The van der Waals surface area contributed by atoms with Gasteiger partial charge < -0.3 is 4.74 Å². The van der Waals surface area contributed by atoms with Gasteiger partial charge in [-0.3, -0.25) is 9.78 Å². The van der Waals surface area contributed by atoms with E-state index in [4.69, 9.17) is 4.74 Å². The van der Waals surface area contributed by atoms with Gasteiger partial charge in [-0.05, 0) is 49.2 Å². The fourth-order valence-electron chi connectivity index (χ4n) is 1.73. The Morgan fingerprint density at radius 2 is 1.61 bits per heavy atom. The number of rotatable bonds is 4. The predicted molar refractivity (Wildman–Crippen MR) is 67.8 cm³/mol. The van der Waals surface area contributed by atoms with Gasteiger partial charge in [0.1, 0.15) is 5.75 Å². The lowest BCUT2D eigenvalue weighted by molar-refractivity contribution is 0.103. The van der Waals surface area contributed by atoms with E-state index in [9.17, 15) is 4.79 Å². The Morgan fingerprint density at radius 3 is 2.22 bits per heavy atom. The van der Waals surface area contributed by atoms with Crippen LogP contribution in [-0.2, 0) is 0 Å². The molecule has 0 atom stereocenters. The highest BCUT2D eigenvalue weighted by atomic mass is 16.5. The monoisotopic (exact) mass is 239 g/mol. The molecule has 0 spiro atoms. The van der Waals surface area contributed by atoms with Crippen molar-refractivity contribution in [2.24, 2.45) is 0 Å². The van der Waals surface area contributed by atoms with Crippen LogP contribution in [0.15, 0.2) is 48.8 Å². The van der Waals surface area contributed by atoms with Crippen molar-refractivity contribution >= 4 is 5.78 Å². The number of aromatic nitrogens is 1. The number of hydrogen-bond donors (Lipinski definition) is 0. The topological polar surface area (TPSA) is 39.2 Å². The van der Waals surface area contributed by atoms with Gasteiger partial charge in [-0.2, -0.15) is 0 Å². The molecule has 0 unspecified atom stereocenters. The molecule has 0 radical (unpaired) electrons. The molecular formula is C15H13NO2. The van der Waals surface area contributed by atoms with Crippen LogP contribution < -0.4 is 4.74 Å². The van der Waals surface area contributed by atoms with Gasteiger partial charge in [-0.25, -0.2) is 0 Å². The fourth-order valence-corrected chi connectivity index (χ4v) is 1.73. The molecule has 18 heavy (non-hydrogen) atoms. The zero-order valence-corrected chi connectivity index (χ0v) is 9.87. The lowest BCUT2D eigenvalue weighted by atomic mass is 10.0. The van der Waals surface area contributed by atoms with E-state index in [0.29, 0.717) is 17.2 Å². The highest BCUT2D eigenvalue weighted by Gasteiger charge is 2.23. The summed E-state index contributed by atoms with van der Waals surface area (Å²) in [6.07, 6.45) is 5.90. The Bertz CT molecular complexity index is 544. The summed E-state index contributed by atoms with van der Waals surface area (Å²) in [5.41, 5.74) is 1.32. The van der Waals surface area contributed by atoms with Crippen LogP contribution >= 0.6 is 0 Å². The SMILES string of the molecule is O=C(c1ccncc1)c1ccc(OC2CC2)cc1. The van der Waals surface area contributed by atoms with Crippen LogP contribution in [0.1, 0.15) is 28.8 Å². The standard InChI is InChI=1S/C15H13NO2/c17-15(12-7-9-16-10-8-12)11-1-3-13(4-2-11)18-14-5-6-14/h1-4,7-10,14H,5-6H2. The van der Waals surface area contributed by atoms with Crippen LogP contribution in [0.3, 0.4) is 0 Å². The molecule has 0 bridgehead atoms. The first-order valence-electron chi connectivity index (χ1n) is 6.04. The summed E-state index contributed by atoms with van der Waals surface area (Å²) >= 11 is 0. The Hall–Kier alpha value is -2.16. The van der Waals surface area contributed by atoms with E-state index < -0.39 is 0 Å². The molecule has 3 nitrogen and oxygen atoms in total. The highest BCUT2D eigenvalue weighted by molar-refractivity contribution is 6.08. The second-order valence-corrected chi connectivity index (χ2v) is 4.41. The van der Waals surface area contributed by atoms with Crippen LogP contribution in [0.4, 0.5) is 0 Å². The smallest absolute Gasteiger partial charge is 0.193 e. The normalized spacial score (nSPS) is 14.2. The number of carbonyl (C=O) groups is 1. The number of hydrogen-bond acceptors (Lipinski definition) is 3. The Labute approximate surface area is 105 Å². The van der Waals surface area contributed by atoms with Crippen molar-refractivity contribution in [3.63, 3.8) is 0 Å². The molecule has 1 aromatic heterocycles. The van der Waals surface area contributed by atoms with E-state index in [1.807, 2.05) is 12.1 Å². The molecule has 2 aromatic rings. The lowest BCUT2D eigenvalue weighted by Crippen LogP contribution is -2.02. The van der Waals surface area contributed by atoms with Crippen LogP contribution in [0.2, 0.25) is 0 Å². The molecule has 3 heteroatoms. The highest BCUT2D eigenvalue weighted by Crippen LogP contribution is 2.26. The maximum Gasteiger partial charge on any atom is 0.193 e. The van der Waals surface area contributed by atoms with Crippen molar-refractivity contribution < 1.29 is 9.53 Å². The summed E-state index contributed by atoms with van der Waals surface area (Å²) < 4.78 is 5.64. The minimum atomic E-state index is 0.00960. The van der Waals surface area contributed by atoms with Crippen molar-refractivity contribution in [1.29, 1.82) is 0 Å². The molecule has 1 heterocycles. The van der Waals surface area contributed by atoms with Crippen molar-refractivity contribution in [2.45, 2.75) is 18.9 Å². The maximum atomic E-state index is 12.1. The number of nitrogens with zero attached hydrogens (tertiary/aromatic N) is 1. The van der Waals surface area contributed by atoms with Crippen LogP contribution in [-0.4, -0.2) is 16.9 Å². The van der Waals surface area contributed by atoms with Gasteiger partial charge in [0.2, 0.25) is 0 Å². The summed E-state index contributed by atoms with van der Waals surface area (Å²) in [6.45, 7) is 0. The minimum absolute atomic E-state index is 0.00960. The molecule has 1 aliphatic carbocycles. The predicted octanol–water partition coefficient (Wildman–Crippen LogP) is 2.85. The Kier molecular flexibility index (Phi) is 2.81. The van der Waals surface area contributed by atoms with E-state index in [0.717, 1.165) is 18.6 Å². The summed E-state index contributed by atoms with van der Waals surface area (Å²) in [7, 11) is 0. The molecule has 1 aliphatic rings.